The Hall–Kier alpha value is -1.59. The molecule has 2 heterocycles. The second-order valence-electron chi connectivity index (χ2n) is 7.06. The first-order valence-corrected chi connectivity index (χ1v) is 8.26. The fraction of sp³-hybridized carbons (Fsp3) is 0.812. The smallest absolute Gasteiger partial charge is 0.194 e. The third kappa shape index (κ3) is 2.96. The minimum atomic E-state index is 0.124. The predicted octanol–water partition coefficient (Wildman–Crippen LogP) is 1.93. The zero-order valence-electron chi connectivity index (χ0n) is 14.8. The molecule has 0 aliphatic carbocycles. The normalized spacial score (nSPS) is 19.9. The van der Waals surface area contributed by atoms with Crippen LogP contribution in [0.2, 0.25) is 0 Å². The lowest BCUT2D eigenvalue weighted by Crippen LogP contribution is -2.72. The number of hydrogen-bond donors (Lipinski definition) is 1. The summed E-state index contributed by atoms with van der Waals surface area (Å²) >= 11 is 0. The van der Waals surface area contributed by atoms with Crippen molar-refractivity contribution in [1.29, 1.82) is 0 Å². The van der Waals surface area contributed by atoms with Gasteiger partial charge in [-0.1, -0.05) is 20.8 Å². The van der Waals surface area contributed by atoms with Crippen LogP contribution in [0.4, 0.5) is 0 Å². The van der Waals surface area contributed by atoms with Crippen molar-refractivity contribution in [2.24, 2.45) is 10.4 Å². The van der Waals surface area contributed by atoms with Crippen LogP contribution in [-0.4, -0.2) is 50.8 Å². The van der Waals surface area contributed by atoms with Crippen molar-refractivity contribution in [2.45, 2.75) is 60.0 Å². The summed E-state index contributed by atoms with van der Waals surface area (Å²) in [6.07, 6.45) is 2.69. The van der Waals surface area contributed by atoms with Gasteiger partial charge in [-0.2, -0.15) is 0 Å². The lowest BCUT2D eigenvalue weighted by molar-refractivity contribution is -0.0667. The highest BCUT2D eigenvalue weighted by atomic mass is 15.4. The minimum Gasteiger partial charge on any atom is -0.356 e. The van der Waals surface area contributed by atoms with Crippen LogP contribution in [0.25, 0.3) is 0 Å². The van der Waals surface area contributed by atoms with E-state index in [9.17, 15) is 0 Å². The summed E-state index contributed by atoms with van der Waals surface area (Å²) in [5, 5.41) is 11.5. The zero-order valence-corrected chi connectivity index (χ0v) is 14.8. The molecule has 22 heavy (non-hydrogen) atoms. The number of hydrogen-bond acceptors (Lipinski definition) is 3. The average Bonchev–Trinajstić information content (AvgIpc) is 2.91. The molecule has 0 bridgehead atoms. The highest BCUT2D eigenvalue weighted by Crippen LogP contribution is 2.46. The third-order valence-corrected chi connectivity index (χ3v) is 5.09. The van der Waals surface area contributed by atoms with Crippen molar-refractivity contribution in [3.05, 3.63) is 12.2 Å². The SMILES string of the molecule is CCNC(=NCCn1cnnc1CC)N1CC(C)(C)C1(C)C. The Bertz CT molecular complexity index is 528. The van der Waals surface area contributed by atoms with Crippen molar-refractivity contribution in [3.63, 3.8) is 0 Å². The maximum Gasteiger partial charge on any atom is 0.194 e. The van der Waals surface area contributed by atoms with E-state index in [0.29, 0.717) is 5.41 Å². The summed E-state index contributed by atoms with van der Waals surface area (Å²) in [4.78, 5) is 7.18. The standard InChI is InChI=1S/C16H30N6/c1-7-13-20-19-12-21(13)10-9-18-14(17-8-2)22-11-15(3,4)16(22,5)6/h12H,7-11H2,1-6H3,(H,17,18). The summed E-state index contributed by atoms with van der Waals surface area (Å²) in [7, 11) is 0. The Balaban J connectivity index is 2.03. The van der Waals surface area contributed by atoms with Crippen molar-refractivity contribution in [1.82, 2.24) is 25.0 Å². The number of rotatable bonds is 5. The van der Waals surface area contributed by atoms with E-state index in [2.05, 4.69) is 66.5 Å². The van der Waals surface area contributed by atoms with Crippen LogP contribution in [0.1, 0.15) is 47.4 Å². The maximum atomic E-state index is 4.80. The third-order valence-electron chi connectivity index (χ3n) is 5.09. The molecular formula is C16H30N6. The highest BCUT2D eigenvalue weighted by Gasteiger charge is 2.53. The van der Waals surface area contributed by atoms with E-state index in [1.54, 1.807) is 6.33 Å². The summed E-state index contributed by atoms with van der Waals surface area (Å²) in [5.41, 5.74) is 0.436. The molecule has 1 saturated heterocycles. The van der Waals surface area contributed by atoms with Crippen molar-refractivity contribution in [2.75, 3.05) is 19.6 Å². The van der Waals surface area contributed by atoms with Gasteiger partial charge >= 0.3 is 0 Å². The molecule has 0 amide bonds. The molecule has 6 heteroatoms. The Labute approximate surface area is 134 Å². The van der Waals surface area contributed by atoms with E-state index in [0.717, 1.165) is 44.4 Å². The Morgan fingerprint density at radius 2 is 2.05 bits per heavy atom. The maximum absolute atomic E-state index is 4.80. The first-order valence-electron chi connectivity index (χ1n) is 8.26. The first kappa shape index (κ1) is 16.8. The monoisotopic (exact) mass is 306 g/mol. The van der Waals surface area contributed by atoms with E-state index >= 15 is 0 Å². The summed E-state index contributed by atoms with van der Waals surface area (Å²) in [6, 6.07) is 0. The number of likely N-dealkylation sites (tertiary alicyclic amines) is 1. The molecule has 0 saturated carbocycles. The van der Waals surface area contributed by atoms with Crippen LogP contribution >= 0.6 is 0 Å². The van der Waals surface area contributed by atoms with Crippen molar-refractivity contribution < 1.29 is 0 Å². The number of nitrogens with zero attached hydrogens (tertiary/aromatic N) is 5. The van der Waals surface area contributed by atoms with Gasteiger partial charge < -0.3 is 14.8 Å². The second-order valence-corrected chi connectivity index (χ2v) is 7.06. The molecule has 1 fully saturated rings. The molecule has 1 N–H and O–H groups in total. The van der Waals surface area contributed by atoms with Gasteiger partial charge in [0.15, 0.2) is 5.96 Å². The van der Waals surface area contributed by atoms with Crippen LogP contribution < -0.4 is 5.32 Å². The molecule has 124 valence electrons. The average molecular weight is 306 g/mol. The molecule has 1 aromatic rings. The van der Waals surface area contributed by atoms with Crippen LogP contribution in [0, 0.1) is 5.41 Å². The van der Waals surface area contributed by atoms with Gasteiger partial charge in [0.05, 0.1) is 6.54 Å². The quantitative estimate of drug-likeness (QED) is 0.667. The van der Waals surface area contributed by atoms with Gasteiger partial charge in [-0.05, 0) is 20.8 Å². The molecule has 0 radical (unpaired) electrons. The molecule has 6 nitrogen and oxygen atoms in total. The second kappa shape index (κ2) is 6.26. The first-order chi connectivity index (χ1) is 10.3. The number of aromatic nitrogens is 3. The largest absolute Gasteiger partial charge is 0.356 e. The molecule has 0 unspecified atom stereocenters. The number of aliphatic imine (C=N–C) groups is 1. The van der Waals surface area contributed by atoms with E-state index < -0.39 is 0 Å². The van der Waals surface area contributed by atoms with Crippen LogP contribution in [0.15, 0.2) is 11.3 Å². The van der Waals surface area contributed by atoms with Crippen LogP contribution in [0.3, 0.4) is 0 Å². The summed E-state index contributed by atoms with van der Waals surface area (Å²) < 4.78 is 2.08. The van der Waals surface area contributed by atoms with Gasteiger partial charge in [-0.25, -0.2) is 0 Å². The van der Waals surface area contributed by atoms with Crippen molar-refractivity contribution in [3.8, 4) is 0 Å². The van der Waals surface area contributed by atoms with E-state index in [1.165, 1.54) is 0 Å². The lowest BCUT2D eigenvalue weighted by atomic mass is 9.65. The minimum absolute atomic E-state index is 0.124. The van der Waals surface area contributed by atoms with Gasteiger partial charge in [0.1, 0.15) is 12.2 Å². The Morgan fingerprint density at radius 3 is 2.59 bits per heavy atom. The zero-order chi connectivity index (χ0) is 16.4. The van der Waals surface area contributed by atoms with Crippen LogP contribution in [0.5, 0.6) is 0 Å². The Morgan fingerprint density at radius 1 is 1.32 bits per heavy atom. The van der Waals surface area contributed by atoms with E-state index in [4.69, 9.17) is 4.99 Å². The fourth-order valence-corrected chi connectivity index (χ4v) is 2.80. The number of guanidine groups is 1. The summed E-state index contributed by atoms with van der Waals surface area (Å²) in [5.74, 6) is 2.03. The molecular weight excluding hydrogens is 276 g/mol. The van der Waals surface area contributed by atoms with Gasteiger partial charge in [0.2, 0.25) is 0 Å². The summed E-state index contributed by atoms with van der Waals surface area (Å²) in [6.45, 7) is 16.9. The molecule has 2 rings (SSSR count). The Kier molecular flexibility index (Phi) is 4.78. The number of nitrogens with one attached hydrogen (secondary N) is 1. The molecule has 0 aromatic carbocycles. The lowest BCUT2D eigenvalue weighted by Gasteiger charge is -2.62. The fourth-order valence-electron chi connectivity index (χ4n) is 2.80. The topological polar surface area (TPSA) is 58.3 Å². The van der Waals surface area contributed by atoms with Gasteiger partial charge in [0.25, 0.3) is 0 Å². The molecule has 1 aliphatic rings. The van der Waals surface area contributed by atoms with Crippen molar-refractivity contribution >= 4 is 5.96 Å². The molecule has 0 atom stereocenters. The van der Waals surface area contributed by atoms with E-state index in [-0.39, 0.29) is 5.54 Å². The van der Waals surface area contributed by atoms with Crippen LogP contribution in [-0.2, 0) is 13.0 Å². The van der Waals surface area contributed by atoms with Gasteiger partial charge in [-0.3, -0.25) is 4.99 Å². The van der Waals surface area contributed by atoms with Gasteiger partial charge in [-0.15, -0.1) is 10.2 Å². The molecule has 1 aromatic heterocycles. The number of aryl methyl sites for hydroxylation is 1. The van der Waals surface area contributed by atoms with Gasteiger partial charge in [0, 0.05) is 37.0 Å². The predicted molar refractivity (Wildman–Crippen MR) is 89.9 cm³/mol. The highest BCUT2D eigenvalue weighted by molar-refractivity contribution is 5.82. The molecule has 0 spiro atoms. The molecule has 1 aliphatic heterocycles. The van der Waals surface area contributed by atoms with E-state index in [1.807, 2.05) is 0 Å².